The molecular weight excluding hydrogens is 368 g/mol. The Kier molecular flexibility index (Phi) is 4.24. The van der Waals surface area contributed by atoms with Gasteiger partial charge in [0.15, 0.2) is 5.82 Å². The van der Waals surface area contributed by atoms with E-state index in [0.717, 1.165) is 42.8 Å². The first kappa shape index (κ1) is 18.1. The fourth-order valence-electron chi connectivity index (χ4n) is 4.79. The van der Waals surface area contributed by atoms with Crippen LogP contribution in [0.25, 0.3) is 0 Å². The molecule has 1 amide bonds. The predicted octanol–water partition coefficient (Wildman–Crippen LogP) is 1.94. The number of likely N-dealkylation sites (tertiary alicyclic amines) is 2. The van der Waals surface area contributed by atoms with Gasteiger partial charge in [-0.2, -0.15) is 5.10 Å². The second-order valence-electron chi connectivity index (χ2n) is 8.21. The van der Waals surface area contributed by atoms with E-state index in [9.17, 15) is 4.79 Å². The molecule has 0 bridgehead atoms. The van der Waals surface area contributed by atoms with Gasteiger partial charge >= 0.3 is 0 Å². The van der Waals surface area contributed by atoms with E-state index in [1.54, 1.807) is 18.5 Å². The highest BCUT2D eigenvalue weighted by molar-refractivity contribution is 5.94. The maximum atomic E-state index is 13.0. The third kappa shape index (κ3) is 3.13. The highest BCUT2D eigenvalue weighted by Gasteiger charge is 2.56. The first-order chi connectivity index (χ1) is 14.0. The molecule has 0 aromatic carbocycles. The lowest BCUT2D eigenvalue weighted by Crippen LogP contribution is -2.40. The van der Waals surface area contributed by atoms with Crippen LogP contribution in [0.1, 0.15) is 33.5 Å². The number of carbonyl (C=O) groups is 1. The van der Waals surface area contributed by atoms with Gasteiger partial charge in [0.2, 0.25) is 0 Å². The third-order valence-electron chi connectivity index (χ3n) is 6.09. The Hall–Kier alpha value is -3.00. The van der Waals surface area contributed by atoms with Crippen molar-refractivity contribution in [1.29, 1.82) is 0 Å². The van der Waals surface area contributed by atoms with Crippen molar-refractivity contribution in [3.63, 3.8) is 0 Å². The lowest BCUT2D eigenvalue weighted by molar-refractivity contribution is 0.0767. The van der Waals surface area contributed by atoms with Crippen LogP contribution in [0, 0.1) is 19.8 Å². The number of carbonyl (C=O) groups excluding carboxylic acids is 1. The van der Waals surface area contributed by atoms with Crippen molar-refractivity contribution in [2.45, 2.75) is 25.8 Å². The number of aromatic nitrogens is 4. The normalized spacial score (nSPS) is 24.2. The van der Waals surface area contributed by atoms with Crippen molar-refractivity contribution in [1.82, 2.24) is 30.0 Å². The van der Waals surface area contributed by atoms with Crippen LogP contribution in [0.15, 0.2) is 41.1 Å². The van der Waals surface area contributed by atoms with E-state index in [-0.39, 0.29) is 17.2 Å². The molecule has 0 spiro atoms. The minimum absolute atomic E-state index is 0.0207. The fraction of sp³-hybridized carbons (Fsp3) is 0.429. The zero-order valence-electron chi connectivity index (χ0n) is 16.6. The summed E-state index contributed by atoms with van der Waals surface area (Å²) in [7, 11) is 0. The Bertz CT molecular complexity index is 1030. The second-order valence-corrected chi connectivity index (χ2v) is 8.21. The van der Waals surface area contributed by atoms with Crippen molar-refractivity contribution < 1.29 is 9.21 Å². The number of hydrogen-bond donors (Lipinski definition) is 1. The summed E-state index contributed by atoms with van der Waals surface area (Å²) in [4.78, 5) is 26.1. The van der Waals surface area contributed by atoms with Gasteiger partial charge in [-0.3, -0.25) is 19.8 Å². The monoisotopic (exact) mass is 392 g/mol. The average molecular weight is 392 g/mol. The first-order valence-corrected chi connectivity index (χ1v) is 9.90. The molecule has 0 saturated carbocycles. The minimum atomic E-state index is -0.274. The number of pyridine rings is 1. The second kappa shape index (κ2) is 6.81. The number of fused-ring (bicyclic) bond motifs is 1. The van der Waals surface area contributed by atoms with Crippen LogP contribution in [0.3, 0.4) is 0 Å². The summed E-state index contributed by atoms with van der Waals surface area (Å²) in [5.74, 6) is 3.78. The Balaban J connectivity index is 1.41. The van der Waals surface area contributed by atoms with Gasteiger partial charge in [-0.1, -0.05) is 0 Å². The van der Waals surface area contributed by atoms with Crippen molar-refractivity contribution >= 4 is 5.91 Å². The number of amides is 1. The summed E-state index contributed by atoms with van der Waals surface area (Å²) in [6.07, 6.45) is 3.31. The van der Waals surface area contributed by atoms with E-state index in [2.05, 4.69) is 25.1 Å². The van der Waals surface area contributed by atoms with Crippen molar-refractivity contribution in [2.75, 3.05) is 26.2 Å². The molecule has 0 radical (unpaired) electrons. The van der Waals surface area contributed by atoms with Crippen LogP contribution < -0.4 is 0 Å². The highest BCUT2D eigenvalue weighted by Crippen LogP contribution is 2.44. The maximum Gasteiger partial charge on any atom is 0.255 e. The van der Waals surface area contributed by atoms with E-state index < -0.39 is 0 Å². The van der Waals surface area contributed by atoms with Gasteiger partial charge in [-0.25, -0.2) is 4.98 Å². The number of hydrogen-bond acceptors (Lipinski definition) is 6. The van der Waals surface area contributed by atoms with Crippen LogP contribution in [0.2, 0.25) is 0 Å². The summed E-state index contributed by atoms with van der Waals surface area (Å²) < 4.78 is 5.78. The summed E-state index contributed by atoms with van der Waals surface area (Å²) in [5.41, 5.74) is 0.348. The number of H-pyrrole nitrogens is 1. The molecule has 150 valence electrons. The molecule has 29 heavy (non-hydrogen) atoms. The molecule has 3 aromatic rings. The van der Waals surface area contributed by atoms with Gasteiger partial charge in [-0.15, -0.1) is 0 Å². The zero-order chi connectivity index (χ0) is 20.0. The standard InChI is InChI=1S/C21H24N6O2/c1-14-5-6-18(29-14)11-26-9-17-10-27(19(28)16-4-3-7-22-8-16)13-21(17,12-26)20-23-15(2)24-25-20/h3-8,17H,9-13H2,1-2H3,(H,23,24,25)/t17-,21-/m1/s1. The highest BCUT2D eigenvalue weighted by atomic mass is 16.3. The van der Waals surface area contributed by atoms with Gasteiger partial charge in [0.05, 0.1) is 17.5 Å². The summed E-state index contributed by atoms with van der Waals surface area (Å²) >= 11 is 0. The number of nitrogens with one attached hydrogen (secondary N) is 1. The molecule has 0 unspecified atom stereocenters. The molecule has 0 aliphatic carbocycles. The summed E-state index contributed by atoms with van der Waals surface area (Å²) in [5, 5.41) is 7.49. The molecule has 2 saturated heterocycles. The van der Waals surface area contributed by atoms with Crippen LogP contribution in [-0.4, -0.2) is 62.1 Å². The number of furan rings is 1. The van der Waals surface area contributed by atoms with E-state index in [4.69, 9.17) is 4.42 Å². The summed E-state index contributed by atoms with van der Waals surface area (Å²) in [6.45, 7) is 7.60. The Morgan fingerprint density at radius 3 is 2.86 bits per heavy atom. The largest absolute Gasteiger partial charge is 0.465 e. The summed E-state index contributed by atoms with van der Waals surface area (Å²) in [6, 6.07) is 7.64. The topological polar surface area (TPSA) is 91.2 Å². The van der Waals surface area contributed by atoms with Gasteiger partial charge in [0, 0.05) is 44.5 Å². The van der Waals surface area contributed by atoms with E-state index in [0.29, 0.717) is 18.7 Å². The number of rotatable bonds is 4. The average Bonchev–Trinajstić information content (AvgIpc) is 3.46. The Labute approximate surface area is 168 Å². The SMILES string of the molecule is Cc1nc([C@@]23CN(Cc4ccc(C)o4)C[C@@H]2CN(C(=O)c2cccnc2)C3)n[nH]1. The van der Waals surface area contributed by atoms with Gasteiger partial charge in [-0.05, 0) is 38.1 Å². The number of nitrogens with zero attached hydrogens (tertiary/aromatic N) is 5. The molecule has 2 fully saturated rings. The molecule has 5 heterocycles. The van der Waals surface area contributed by atoms with Crippen molar-refractivity contribution in [2.24, 2.45) is 5.92 Å². The molecule has 1 N–H and O–H groups in total. The van der Waals surface area contributed by atoms with E-state index in [1.165, 1.54) is 0 Å². The molecule has 3 aromatic heterocycles. The van der Waals surface area contributed by atoms with Crippen molar-refractivity contribution in [3.8, 4) is 0 Å². The molecule has 2 aliphatic rings. The molecule has 8 heteroatoms. The maximum absolute atomic E-state index is 13.0. The van der Waals surface area contributed by atoms with E-state index >= 15 is 0 Å². The lowest BCUT2D eigenvalue weighted by atomic mass is 9.80. The van der Waals surface area contributed by atoms with Crippen LogP contribution in [0.5, 0.6) is 0 Å². The Morgan fingerprint density at radius 1 is 1.28 bits per heavy atom. The number of aryl methyl sites for hydroxylation is 2. The fourth-order valence-corrected chi connectivity index (χ4v) is 4.79. The van der Waals surface area contributed by atoms with Gasteiger partial charge in [0.25, 0.3) is 5.91 Å². The molecule has 2 atom stereocenters. The van der Waals surface area contributed by atoms with Gasteiger partial charge < -0.3 is 9.32 Å². The van der Waals surface area contributed by atoms with E-state index in [1.807, 2.05) is 36.9 Å². The molecule has 2 aliphatic heterocycles. The predicted molar refractivity (Wildman–Crippen MR) is 105 cm³/mol. The molecule has 5 rings (SSSR count). The molecular formula is C21H24N6O2. The zero-order valence-corrected chi connectivity index (χ0v) is 16.6. The number of aromatic amines is 1. The lowest BCUT2D eigenvalue weighted by Gasteiger charge is -2.26. The van der Waals surface area contributed by atoms with Gasteiger partial charge in [0.1, 0.15) is 17.3 Å². The minimum Gasteiger partial charge on any atom is -0.465 e. The molecule has 8 nitrogen and oxygen atoms in total. The van der Waals surface area contributed by atoms with Crippen LogP contribution in [-0.2, 0) is 12.0 Å². The first-order valence-electron chi connectivity index (χ1n) is 9.90. The van der Waals surface area contributed by atoms with Crippen LogP contribution in [0.4, 0.5) is 0 Å². The van der Waals surface area contributed by atoms with Crippen LogP contribution >= 0.6 is 0 Å². The van der Waals surface area contributed by atoms with Crippen molar-refractivity contribution in [3.05, 3.63) is 65.4 Å². The smallest absolute Gasteiger partial charge is 0.255 e. The third-order valence-corrected chi connectivity index (χ3v) is 6.09. The Morgan fingerprint density at radius 2 is 2.17 bits per heavy atom. The quantitative estimate of drug-likeness (QED) is 0.730.